The van der Waals surface area contributed by atoms with E-state index in [4.69, 9.17) is 4.74 Å². The molecule has 2 bridgehead atoms. The second kappa shape index (κ2) is 5.88. The Bertz CT molecular complexity index is 1020. The first-order valence-electron chi connectivity index (χ1n) is 8.61. The molecule has 8 heteroatoms. The highest BCUT2D eigenvalue weighted by molar-refractivity contribution is 7.13. The Morgan fingerprint density at radius 1 is 1.22 bits per heavy atom. The lowest BCUT2D eigenvalue weighted by Gasteiger charge is -2.39. The number of amides is 1. The van der Waals surface area contributed by atoms with Crippen molar-refractivity contribution in [1.82, 2.24) is 15.1 Å². The lowest BCUT2D eigenvalue weighted by Crippen LogP contribution is -2.47. The van der Waals surface area contributed by atoms with Crippen LogP contribution in [0.3, 0.4) is 0 Å². The van der Waals surface area contributed by atoms with Gasteiger partial charge in [-0.25, -0.2) is 8.78 Å². The van der Waals surface area contributed by atoms with Gasteiger partial charge in [0.15, 0.2) is 11.6 Å². The zero-order valence-electron chi connectivity index (χ0n) is 14.2. The molecular formula is C19H15F2N3O2S. The number of H-pyrrole nitrogens is 1. The highest BCUT2D eigenvalue weighted by Crippen LogP contribution is 2.46. The van der Waals surface area contributed by atoms with Crippen molar-refractivity contribution < 1.29 is 18.3 Å². The van der Waals surface area contributed by atoms with Gasteiger partial charge in [-0.1, -0.05) is 0 Å². The number of carbonyl (C=O) groups is 1. The molecule has 27 heavy (non-hydrogen) atoms. The van der Waals surface area contributed by atoms with E-state index in [9.17, 15) is 13.6 Å². The number of hydrogen-bond donors (Lipinski definition) is 1. The zero-order valence-corrected chi connectivity index (χ0v) is 15.0. The molecule has 2 aliphatic heterocycles. The minimum atomic E-state index is -0.864. The van der Waals surface area contributed by atoms with E-state index in [1.54, 1.807) is 17.3 Å². The van der Waals surface area contributed by atoms with Crippen LogP contribution in [0.25, 0.3) is 10.4 Å². The van der Waals surface area contributed by atoms with E-state index in [1.807, 2.05) is 11.4 Å². The van der Waals surface area contributed by atoms with Crippen LogP contribution in [0.5, 0.6) is 5.75 Å². The van der Waals surface area contributed by atoms with Crippen LogP contribution < -0.4 is 4.74 Å². The molecule has 4 heterocycles. The van der Waals surface area contributed by atoms with Gasteiger partial charge in [0.25, 0.3) is 5.91 Å². The lowest BCUT2D eigenvalue weighted by molar-refractivity contribution is 0.00647. The van der Waals surface area contributed by atoms with Gasteiger partial charge in [-0.3, -0.25) is 9.89 Å². The molecule has 0 unspecified atom stereocenters. The maximum atomic E-state index is 14.2. The second-order valence-electron chi connectivity index (χ2n) is 6.84. The van der Waals surface area contributed by atoms with Gasteiger partial charge in [0.05, 0.1) is 11.8 Å². The van der Waals surface area contributed by atoms with Gasteiger partial charge in [0, 0.05) is 59.6 Å². The first kappa shape index (κ1) is 16.4. The second-order valence-corrected chi connectivity index (χ2v) is 7.75. The molecule has 1 N–H and O–H groups in total. The van der Waals surface area contributed by atoms with Crippen LogP contribution in [0.4, 0.5) is 8.78 Å². The summed E-state index contributed by atoms with van der Waals surface area (Å²) in [4.78, 5) is 15.5. The van der Waals surface area contributed by atoms with Crippen LogP contribution in [0, 0.1) is 11.6 Å². The largest absolute Gasteiger partial charge is 0.479 e. The van der Waals surface area contributed by atoms with E-state index in [-0.39, 0.29) is 11.7 Å². The Morgan fingerprint density at radius 3 is 2.78 bits per heavy atom. The smallest absolute Gasteiger partial charge is 0.254 e. The molecule has 0 atom stereocenters. The molecule has 5 rings (SSSR count). The van der Waals surface area contributed by atoms with Crippen LogP contribution >= 0.6 is 11.3 Å². The van der Waals surface area contributed by atoms with Crippen molar-refractivity contribution in [2.45, 2.75) is 18.4 Å². The van der Waals surface area contributed by atoms with Crippen LogP contribution in [-0.2, 0) is 5.60 Å². The Kier molecular flexibility index (Phi) is 3.58. The van der Waals surface area contributed by atoms with E-state index < -0.39 is 17.2 Å². The highest BCUT2D eigenvalue weighted by atomic mass is 32.1. The molecule has 1 fully saturated rings. The van der Waals surface area contributed by atoms with Gasteiger partial charge >= 0.3 is 0 Å². The third-order valence-corrected chi connectivity index (χ3v) is 6.28. The van der Waals surface area contributed by atoms with Gasteiger partial charge < -0.3 is 9.64 Å². The van der Waals surface area contributed by atoms with Crippen molar-refractivity contribution in [3.8, 4) is 16.2 Å². The van der Waals surface area contributed by atoms with Crippen LogP contribution in [0.15, 0.2) is 36.0 Å². The maximum absolute atomic E-state index is 14.2. The molecule has 138 valence electrons. The average molecular weight is 387 g/mol. The topological polar surface area (TPSA) is 58.2 Å². The number of ether oxygens (including phenoxy) is 1. The Labute approximate surface area is 157 Å². The summed E-state index contributed by atoms with van der Waals surface area (Å²) in [6, 6.07) is 4.17. The number of benzene rings is 1. The van der Waals surface area contributed by atoms with E-state index in [2.05, 4.69) is 10.2 Å². The summed E-state index contributed by atoms with van der Waals surface area (Å²) in [5.74, 6) is -1.24. The highest BCUT2D eigenvalue weighted by Gasteiger charge is 2.46. The van der Waals surface area contributed by atoms with Gasteiger partial charge in [-0.2, -0.15) is 5.10 Å². The SMILES string of the molecule is O=C(c1csc(-c2cn[nH]c2)c1)N1CCC2(CC1)Oc1cc2c(F)cc1F. The minimum Gasteiger partial charge on any atom is -0.479 e. The predicted molar refractivity (Wildman–Crippen MR) is 95.7 cm³/mol. The summed E-state index contributed by atoms with van der Waals surface area (Å²) >= 11 is 1.49. The minimum absolute atomic E-state index is 0.0628. The number of nitrogens with one attached hydrogen (secondary N) is 1. The summed E-state index contributed by atoms with van der Waals surface area (Å²) in [6.07, 6.45) is 4.36. The van der Waals surface area contributed by atoms with E-state index in [1.165, 1.54) is 17.4 Å². The standard InChI is InChI=1S/C19H15F2N3O2S/c20-14-7-15(21)16-6-13(14)19(26-16)1-3-24(4-2-19)18(25)11-5-17(27-10-11)12-8-22-23-9-12/h5-10H,1-4H2,(H,22,23). The number of halogens is 2. The van der Waals surface area contributed by atoms with Crippen molar-refractivity contribution in [3.63, 3.8) is 0 Å². The van der Waals surface area contributed by atoms with Crippen LogP contribution in [0.2, 0.25) is 0 Å². The Morgan fingerprint density at radius 2 is 2.04 bits per heavy atom. The van der Waals surface area contributed by atoms with E-state index in [0.717, 1.165) is 16.5 Å². The number of thiophene rings is 1. The molecule has 2 aliphatic rings. The number of rotatable bonds is 2. The number of carbonyl (C=O) groups excluding carboxylic acids is 1. The fourth-order valence-corrected chi connectivity index (χ4v) is 4.70. The van der Waals surface area contributed by atoms with E-state index in [0.29, 0.717) is 37.1 Å². The molecule has 1 aromatic carbocycles. The van der Waals surface area contributed by atoms with Crippen molar-refractivity contribution in [1.29, 1.82) is 0 Å². The van der Waals surface area contributed by atoms with E-state index >= 15 is 0 Å². The number of piperidine rings is 1. The Hall–Kier alpha value is -2.74. The fourth-order valence-electron chi connectivity index (χ4n) is 3.83. The average Bonchev–Trinajstić information content (AvgIpc) is 3.40. The molecule has 1 amide bonds. The van der Waals surface area contributed by atoms with Crippen molar-refractivity contribution >= 4 is 17.2 Å². The number of aromatic nitrogens is 2. The lowest BCUT2D eigenvalue weighted by atomic mass is 9.85. The predicted octanol–water partition coefficient (Wildman–Crippen LogP) is 3.94. The summed E-state index contributed by atoms with van der Waals surface area (Å²) in [5.41, 5.74) is 1.09. The third-order valence-electron chi connectivity index (χ3n) is 5.31. The van der Waals surface area contributed by atoms with Crippen molar-refractivity contribution in [2.24, 2.45) is 0 Å². The monoisotopic (exact) mass is 387 g/mol. The molecule has 0 aliphatic carbocycles. The summed E-state index contributed by atoms with van der Waals surface area (Å²) in [7, 11) is 0. The normalized spacial score (nSPS) is 17.3. The molecule has 2 aromatic heterocycles. The van der Waals surface area contributed by atoms with Crippen LogP contribution in [0.1, 0.15) is 28.8 Å². The molecule has 3 aromatic rings. The van der Waals surface area contributed by atoms with Gasteiger partial charge in [-0.05, 0) is 12.1 Å². The number of nitrogens with zero attached hydrogens (tertiary/aromatic N) is 2. The number of likely N-dealkylation sites (tertiary alicyclic amines) is 1. The van der Waals surface area contributed by atoms with Gasteiger partial charge in [0.2, 0.25) is 0 Å². The quantitative estimate of drug-likeness (QED) is 0.725. The number of aromatic amines is 1. The summed E-state index contributed by atoms with van der Waals surface area (Å²) in [6.45, 7) is 0.852. The first-order valence-corrected chi connectivity index (χ1v) is 9.49. The maximum Gasteiger partial charge on any atom is 0.254 e. The zero-order chi connectivity index (χ0) is 18.6. The molecule has 0 radical (unpaired) electrons. The van der Waals surface area contributed by atoms with Gasteiger partial charge in [0.1, 0.15) is 11.4 Å². The van der Waals surface area contributed by atoms with Crippen LogP contribution in [-0.4, -0.2) is 34.1 Å². The molecule has 1 spiro atoms. The molecule has 1 saturated heterocycles. The fraction of sp³-hybridized carbons (Fsp3) is 0.263. The number of hydrogen-bond acceptors (Lipinski definition) is 4. The summed E-state index contributed by atoms with van der Waals surface area (Å²) in [5, 5.41) is 8.51. The first-order chi connectivity index (χ1) is 13.1. The summed E-state index contributed by atoms with van der Waals surface area (Å²) < 4.78 is 33.7. The number of fused-ring (bicyclic) bond motifs is 3. The molecular weight excluding hydrogens is 372 g/mol. The third kappa shape index (κ3) is 2.55. The molecule has 5 nitrogen and oxygen atoms in total. The van der Waals surface area contributed by atoms with Gasteiger partial charge in [-0.15, -0.1) is 11.3 Å². The molecule has 0 saturated carbocycles. The van der Waals surface area contributed by atoms with Crippen molar-refractivity contribution in [3.05, 3.63) is 58.7 Å². The van der Waals surface area contributed by atoms with Crippen molar-refractivity contribution in [2.75, 3.05) is 13.1 Å². The Balaban J connectivity index is 1.32.